The minimum Gasteiger partial charge on any atom is -0.392 e. The first-order chi connectivity index (χ1) is 9.04. The third-order valence-electron chi connectivity index (χ3n) is 2.65. The molecule has 0 fully saturated rings. The number of benzene rings is 1. The number of rotatable bonds is 4. The van der Waals surface area contributed by atoms with Crippen molar-refractivity contribution in [2.45, 2.75) is 18.4 Å². The van der Waals surface area contributed by atoms with Crippen LogP contribution in [0.25, 0.3) is 0 Å². The topological polar surface area (TPSA) is 92.2 Å². The number of nitrogens with one attached hydrogen (secondary N) is 1. The van der Waals surface area contributed by atoms with Gasteiger partial charge in [-0.2, -0.15) is 0 Å². The molecule has 0 aliphatic rings. The number of anilines is 1. The van der Waals surface area contributed by atoms with E-state index in [1.165, 1.54) is 18.5 Å². The highest BCUT2D eigenvalue weighted by molar-refractivity contribution is 7.92. The Morgan fingerprint density at radius 3 is 2.53 bits per heavy atom. The highest BCUT2D eigenvalue weighted by Crippen LogP contribution is 2.20. The second-order valence-electron chi connectivity index (χ2n) is 3.88. The summed E-state index contributed by atoms with van der Waals surface area (Å²) in [7, 11) is -3.76. The first-order valence-corrected chi connectivity index (χ1v) is 7.02. The van der Waals surface area contributed by atoms with Gasteiger partial charge in [-0.05, 0) is 30.2 Å². The Balaban J connectivity index is 2.40. The molecule has 0 unspecified atom stereocenters. The monoisotopic (exact) mass is 279 g/mol. The fourth-order valence-electron chi connectivity index (χ4n) is 1.65. The van der Waals surface area contributed by atoms with Crippen molar-refractivity contribution in [2.75, 3.05) is 4.72 Å². The van der Waals surface area contributed by atoms with Gasteiger partial charge in [0.25, 0.3) is 10.0 Å². The van der Waals surface area contributed by atoms with Crippen LogP contribution in [0, 0.1) is 6.92 Å². The van der Waals surface area contributed by atoms with Gasteiger partial charge in [-0.3, -0.25) is 0 Å². The lowest BCUT2D eigenvalue weighted by atomic mass is 10.1. The highest BCUT2D eigenvalue weighted by atomic mass is 32.2. The zero-order chi connectivity index (χ0) is 13.9. The summed E-state index contributed by atoms with van der Waals surface area (Å²) >= 11 is 0. The molecule has 2 aromatic rings. The molecule has 0 aliphatic heterocycles. The molecule has 7 heteroatoms. The van der Waals surface area contributed by atoms with Crippen LogP contribution < -0.4 is 4.72 Å². The summed E-state index contributed by atoms with van der Waals surface area (Å²) in [5.74, 6) is 0.0105. The molecule has 0 amide bonds. The summed E-state index contributed by atoms with van der Waals surface area (Å²) in [6.45, 7) is 1.43. The molecule has 100 valence electrons. The van der Waals surface area contributed by atoms with E-state index in [4.69, 9.17) is 5.11 Å². The van der Waals surface area contributed by atoms with Crippen LogP contribution in [0.4, 0.5) is 5.95 Å². The molecule has 1 aromatic carbocycles. The average molecular weight is 279 g/mol. The van der Waals surface area contributed by atoms with Gasteiger partial charge in [0.2, 0.25) is 5.95 Å². The summed E-state index contributed by atoms with van der Waals surface area (Å²) < 4.78 is 26.7. The first kappa shape index (κ1) is 13.4. The summed E-state index contributed by atoms with van der Waals surface area (Å²) in [4.78, 5) is 7.73. The van der Waals surface area contributed by atoms with Crippen LogP contribution in [0.2, 0.25) is 0 Å². The molecule has 0 radical (unpaired) electrons. The van der Waals surface area contributed by atoms with E-state index in [0.29, 0.717) is 11.1 Å². The number of aliphatic hydroxyl groups excluding tert-OH is 1. The average Bonchev–Trinajstić information content (AvgIpc) is 2.39. The Labute approximate surface area is 111 Å². The summed E-state index contributed by atoms with van der Waals surface area (Å²) in [6.07, 6.45) is 2.89. The van der Waals surface area contributed by atoms with Gasteiger partial charge < -0.3 is 5.11 Å². The van der Waals surface area contributed by atoms with E-state index in [0.717, 1.165) is 0 Å². The van der Waals surface area contributed by atoms with Crippen LogP contribution in [-0.2, 0) is 16.6 Å². The third kappa shape index (κ3) is 2.88. The van der Waals surface area contributed by atoms with Crippen LogP contribution >= 0.6 is 0 Å². The maximum Gasteiger partial charge on any atom is 0.264 e. The summed E-state index contributed by atoms with van der Waals surface area (Å²) in [5.41, 5.74) is 1.07. The molecule has 0 atom stereocenters. The maximum atomic E-state index is 12.2. The van der Waals surface area contributed by atoms with Crippen molar-refractivity contribution in [1.29, 1.82) is 0 Å². The Bertz CT molecular complexity index is 672. The van der Waals surface area contributed by atoms with Gasteiger partial charge in [0.05, 0.1) is 11.5 Å². The molecule has 1 heterocycles. The van der Waals surface area contributed by atoms with Crippen molar-refractivity contribution in [3.63, 3.8) is 0 Å². The van der Waals surface area contributed by atoms with E-state index in [1.54, 1.807) is 25.1 Å². The van der Waals surface area contributed by atoms with Gasteiger partial charge in [-0.25, -0.2) is 23.1 Å². The van der Waals surface area contributed by atoms with Crippen LogP contribution in [0.15, 0.2) is 41.6 Å². The molecule has 0 bridgehead atoms. The summed E-state index contributed by atoms with van der Waals surface area (Å²) in [6, 6.07) is 6.32. The van der Waals surface area contributed by atoms with Crippen molar-refractivity contribution >= 4 is 16.0 Å². The standard InChI is InChI=1S/C12H13N3O3S/c1-9-10(8-16)4-2-5-11(9)19(17,18)15-12-13-6-3-7-14-12/h2-7,16H,8H2,1H3,(H,13,14,15). The molecular weight excluding hydrogens is 266 g/mol. The molecular formula is C12H13N3O3S. The van der Waals surface area contributed by atoms with Gasteiger partial charge >= 0.3 is 0 Å². The molecule has 2 rings (SSSR count). The van der Waals surface area contributed by atoms with Crippen molar-refractivity contribution in [1.82, 2.24) is 9.97 Å². The molecule has 1 aromatic heterocycles. The minimum atomic E-state index is -3.76. The molecule has 6 nitrogen and oxygen atoms in total. The number of hydrogen-bond acceptors (Lipinski definition) is 5. The fourth-order valence-corrected chi connectivity index (χ4v) is 2.90. The molecule has 19 heavy (non-hydrogen) atoms. The lowest BCUT2D eigenvalue weighted by Crippen LogP contribution is -2.16. The third-order valence-corrected chi connectivity index (χ3v) is 4.12. The van der Waals surface area contributed by atoms with Crippen molar-refractivity contribution in [3.8, 4) is 0 Å². The van der Waals surface area contributed by atoms with Gasteiger partial charge in [0.15, 0.2) is 0 Å². The predicted octanol–water partition coefficient (Wildman–Crippen LogP) is 1.08. The van der Waals surface area contributed by atoms with Crippen molar-refractivity contribution < 1.29 is 13.5 Å². The highest BCUT2D eigenvalue weighted by Gasteiger charge is 2.19. The molecule has 0 saturated carbocycles. The normalized spacial score (nSPS) is 11.3. The van der Waals surface area contributed by atoms with E-state index in [9.17, 15) is 8.42 Å². The van der Waals surface area contributed by atoms with Crippen molar-refractivity contribution in [2.24, 2.45) is 0 Å². The molecule has 2 N–H and O–H groups in total. The molecule has 0 spiro atoms. The number of hydrogen-bond donors (Lipinski definition) is 2. The van der Waals surface area contributed by atoms with Gasteiger partial charge in [0, 0.05) is 12.4 Å². The van der Waals surface area contributed by atoms with Crippen LogP contribution in [0.3, 0.4) is 0 Å². The second-order valence-corrected chi connectivity index (χ2v) is 5.53. The van der Waals surface area contributed by atoms with Gasteiger partial charge in [0.1, 0.15) is 0 Å². The number of aromatic nitrogens is 2. The minimum absolute atomic E-state index is 0.0105. The zero-order valence-corrected chi connectivity index (χ0v) is 11.1. The number of nitrogens with zero attached hydrogens (tertiary/aromatic N) is 2. The SMILES string of the molecule is Cc1c(CO)cccc1S(=O)(=O)Nc1ncccn1. The Kier molecular flexibility index (Phi) is 3.77. The smallest absolute Gasteiger partial charge is 0.264 e. The first-order valence-electron chi connectivity index (χ1n) is 5.54. The Morgan fingerprint density at radius 2 is 1.89 bits per heavy atom. The fraction of sp³-hybridized carbons (Fsp3) is 0.167. The predicted molar refractivity (Wildman–Crippen MR) is 69.9 cm³/mol. The van der Waals surface area contributed by atoms with Crippen LogP contribution in [0.5, 0.6) is 0 Å². The number of sulfonamides is 1. The lowest BCUT2D eigenvalue weighted by molar-refractivity contribution is 0.280. The molecule has 0 saturated heterocycles. The maximum absolute atomic E-state index is 12.2. The Morgan fingerprint density at radius 1 is 1.21 bits per heavy atom. The summed E-state index contributed by atoms with van der Waals surface area (Å²) in [5, 5.41) is 9.16. The number of aliphatic hydroxyl groups is 1. The Hall–Kier alpha value is -1.99. The van der Waals surface area contributed by atoms with E-state index in [1.807, 2.05) is 0 Å². The zero-order valence-electron chi connectivity index (χ0n) is 10.2. The van der Waals surface area contributed by atoms with E-state index >= 15 is 0 Å². The van der Waals surface area contributed by atoms with E-state index in [-0.39, 0.29) is 17.5 Å². The van der Waals surface area contributed by atoms with Gasteiger partial charge in [-0.1, -0.05) is 12.1 Å². The lowest BCUT2D eigenvalue weighted by Gasteiger charge is -2.11. The van der Waals surface area contributed by atoms with Crippen LogP contribution in [0.1, 0.15) is 11.1 Å². The quantitative estimate of drug-likeness (QED) is 0.873. The largest absolute Gasteiger partial charge is 0.392 e. The van der Waals surface area contributed by atoms with E-state index in [2.05, 4.69) is 14.7 Å². The second kappa shape index (κ2) is 5.33. The van der Waals surface area contributed by atoms with Crippen molar-refractivity contribution in [3.05, 3.63) is 47.8 Å². The van der Waals surface area contributed by atoms with Crippen LogP contribution in [-0.4, -0.2) is 23.5 Å². The molecule has 0 aliphatic carbocycles. The van der Waals surface area contributed by atoms with E-state index < -0.39 is 10.0 Å². The van der Waals surface area contributed by atoms with Gasteiger partial charge in [-0.15, -0.1) is 0 Å².